The van der Waals surface area contributed by atoms with E-state index >= 15 is 0 Å². The summed E-state index contributed by atoms with van der Waals surface area (Å²) in [6, 6.07) is 0. The topological polar surface area (TPSA) is 35.0 Å². The van der Waals surface area contributed by atoms with Gasteiger partial charge in [-0.25, -0.2) is 0 Å². The highest BCUT2D eigenvalue weighted by Gasteiger charge is 2.12. The molecule has 1 aromatic heterocycles. The van der Waals surface area contributed by atoms with Crippen LogP contribution in [0.4, 0.5) is 0 Å². The van der Waals surface area contributed by atoms with Crippen LogP contribution in [0.2, 0.25) is 0 Å². The summed E-state index contributed by atoms with van der Waals surface area (Å²) in [6.07, 6.45) is 4.80. The molecule has 0 aliphatic rings. The van der Waals surface area contributed by atoms with Crippen molar-refractivity contribution in [2.24, 2.45) is 0 Å². The molecule has 1 unspecified atom stereocenters. The minimum atomic E-state index is 0.0723. The third-order valence-corrected chi connectivity index (χ3v) is 1.94. The van der Waals surface area contributed by atoms with E-state index in [-0.39, 0.29) is 12.2 Å². The van der Waals surface area contributed by atoms with Crippen LogP contribution in [0.1, 0.15) is 44.7 Å². The number of hydrogen-bond acceptors (Lipinski definition) is 3. The maximum Gasteiger partial charge on any atom is 0.101 e. The monoisotopic (exact) mass is 194 g/mol. The molecule has 0 radical (unpaired) electrons. The molecule has 0 aliphatic heterocycles. The Bertz CT molecular complexity index is 269. The maximum absolute atomic E-state index is 5.72. The molecule has 1 heterocycles. The van der Waals surface area contributed by atoms with Crippen molar-refractivity contribution in [1.82, 2.24) is 9.97 Å². The molecule has 0 saturated heterocycles. The van der Waals surface area contributed by atoms with Gasteiger partial charge in [0.25, 0.3) is 0 Å². The second-order valence-corrected chi connectivity index (χ2v) is 3.66. The van der Waals surface area contributed by atoms with E-state index in [0.29, 0.717) is 0 Å². The van der Waals surface area contributed by atoms with Gasteiger partial charge in [0.05, 0.1) is 23.7 Å². The summed E-state index contributed by atoms with van der Waals surface area (Å²) in [7, 11) is 0. The quantitative estimate of drug-likeness (QED) is 0.739. The van der Waals surface area contributed by atoms with Crippen molar-refractivity contribution in [1.29, 1.82) is 0 Å². The molecule has 1 rings (SSSR count). The number of rotatable bonds is 4. The van der Waals surface area contributed by atoms with Gasteiger partial charge in [0.1, 0.15) is 6.10 Å². The molecular weight excluding hydrogens is 176 g/mol. The summed E-state index contributed by atoms with van der Waals surface area (Å²) in [5.74, 6) is 0. The van der Waals surface area contributed by atoms with Crippen molar-refractivity contribution in [3.8, 4) is 0 Å². The van der Waals surface area contributed by atoms with Crippen LogP contribution in [-0.4, -0.2) is 16.1 Å². The van der Waals surface area contributed by atoms with E-state index in [1.54, 1.807) is 12.4 Å². The Morgan fingerprint density at radius 1 is 1.29 bits per heavy atom. The Labute approximate surface area is 85.5 Å². The predicted molar refractivity (Wildman–Crippen MR) is 56.0 cm³/mol. The maximum atomic E-state index is 5.72. The molecule has 0 aromatic carbocycles. The summed E-state index contributed by atoms with van der Waals surface area (Å²) in [5.41, 5.74) is 1.86. The van der Waals surface area contributed by atoms with Gasteiger partial charge in [-0.2, -0.15) is 0 Å². The first-order valence-electron chi connectivity index (χ1n) is 5.07. The third kappa shape index (κ3) is 3.07. The normalized spacial score (nSPS) is 13.2. The van der Waals surface area contributed by atoms with Gasteiger partial charge in [-0.15, -0.1) is 0 Å². The lowest BCUT2D eigenvalue weighted by atomic mass is 10.2. The van der Waals surface area contributed by atoms with Gasteiger partial charge in [0, 0.05) is 6.20 Å². The molecule has 0 fully saturated rings. The zero-order chi connectivity index (χ0) is 10.6. The second-order valence-electron chi connectivity index (χ2n) is 3.66. The highest BCUT2D eigenvalue weighted by Crippen LogP contribution is 2.19. The Balaban J connectivity index is 2.73. The van der Waals surface area contributed by atoms with Crippen LogP contribution in [0.25, 0.3) is 0 Å². The summed E-state index contributed by atoms with van der Waals surface area (Å²) >= 11 is 0. The van der Waals surface area contributed by atoms with Gasteiger partial charge in [-0.05, 0) is 27.2 Å². The Morgan fingerprint density at radius 3 is 2.43 bits per heavy atom. The number of hydrogen-bond donors (Lipinski definition) is 0. The van der Waals surface area contributed by atoms with E-state index in [2.05, 4.69) is 16.9 Å². The molecule has 0 N–H and O–H groups in total. The minimum Gasteiger partial charge on any atom is -0.369 e. The van der Waals surface area contributed by atoms with Gasteiger partial charge < -0.3 is 4.74 Å². The molecule has 3 nitrogen and oxygen atoms in total. The second kappa shape index (κ2) is 5.05. The van der Waals surface area contributed by atoms with Gasteiger partial charge in [-0.1, -0.05) is 6.92 Å². The highest BCUT2D eigenvalue weighted by molar-refractivity contribution is 5.03. The van der Waals surface area contributed by atoms with Crippen molar-refractivity contribution in [3.05, 3.63) is 23.8 Å². The highest BCUT2D eigenvalue weighted by atomic mass is 16.5. The van der Waals surface area contributed by atoms with Gasteiger partial charge in [0.2, 0.25) is 0 Å². The van der Waals surface area contributed by atoms with Crippen LogP contribution in [0.5, 0.6) is 0 Å². The fourth-order valence-electron chi connectivity index (χ4n) is 1.27. The lowest BCUT2D eigenvalue weighted by molar-refractivity contribution is 0.00184. The van der Waals surface area contributed by atoms with Crippen molar-refractivity contribution in [2.75, 3.05) is 0 Å². The Kier molecular flexibility index (Phi) is 4.01. The molecule has 0 spiro atoms. The van der Waals surface area contributed by atoms with Gasteiger partial charge in [-0.3, -0.25) is 9.97 Å². The largest absolute Gasteiger partial charge is 0.369 e. The molecule has 1 aromatic rings. The van der Waals surface area contributed by atoms with E-state index in [0.717, 1.165) is 17.8 Å². The Morgan fingerprint density at radius 2 is 2.00 bits per heavy atom. The number of nitrogens with zero attached hydrogens (tertiary/aromatic N) is 2. The van der Waals surface area contributed by atoms with E-state index in [9.17, 15) is 0 Å². The number of aryl methyl sites for hydroxylation is 1. The fourth-order valence-corrected chi connectivity index (χ4v) is 1.27. The summed E-state index contributed by atoms with van der Waals surface area (Å²) in [4.78, 5) is 8.53. The fraction of sp³-hybridized carbons (Fsp3) is 0.636. The van der Waals surface area contributed by atoms with E-state index in [4.69, 9.17) is 4.74 Å². The van der Waals surface area contributed by atoms with Crippen LogP contribution < -0.4 is 0 Å². The third-order valence-electron chi connectivity index (χ3n) is 1.94. The molecule has 78 valence electrons. The lowest BCUT2D eigenvalue weighted by Crippen LogP contribution is -2.11. The average Bonchev–Trinajstić information content (AvgIpc) is 2.15. The summed E-state index contributed by atoms with van der Waals surface area (Å²) in [5, 5.41) is 0. The first-order chi connectivity index (χ1) is 6.63. The smallest absolute Gasteiger partial charge is 0.101 e. The standard InChI is InChI=1S/C11H18N2O/c1-5-11(14-8(2)3)10-7-12-9(4)6-13-10/h6-8,11H,5H2,1-4H3. The van der Waals surface area contributed by atoms with Crippen LogP contribution >= 0.6 is 0 Å². The summed E-state index contributed by atoms with van der Waals surface area (Å²) < 4.78 is 5.72. The lowest BCUT2D eigenvalue weighted by Gasteiger charge is -2.17. The SMILES string of the molecule is CCC(OC(C)C)c1cnc(C)cn1. The molecule has 1 atom stereocenters. The first-order valence-corrected chi connectivity index (χ1v) is 5.07. The van der Waals surface area contributed by atoms with Crippen LogP contribution in [-0.2, 0) is 4.74 Å². The average molecular weight is 194 g/mol. The van der Waals surface area contributed by atoms with Crippen molar-refractivity contribution < 1.29 is 4.74 Å². The van der Waals surface area contributed by atoms with Crippen molar-refractivity contribution >= 4 is 0 Å². The van der Waals surface area contributed by atoms with Crippen LogP contribution in [0.3, 0.4) is 0 Å². The molecule has 0 saturated carbocycles. The zero-order valence-corrected chi connectivity index (χ0v) is 9.32. The molecule has 14 heavy (non-hydrogen) atoms. The number of ether oxygens (including phenoxy) is 1. The zero-order valence-electron chi connectivity index (χ0n) is 9.32. The molecule has 0 bridgehead atoms. The molecule has 0 amide bonds. The molecule has 0 aliphatic carbocycles. The molecular formula is C11H18N2O. The van der Waals surface area contributed by atoms with Crippen molar-refractivity contribution in [3.63, 3.8) is 0 Å². The van der Waals surface area contributed by atoms with Crippen LogP contribution in [0, 0.1) is 6.92 Å². The van der Waals surface area contributed by atoms with Gasteiger partial charge in [0.15, 0.2) is 0 Å². The van der Waals surface area contributed by atoms with Crippen molar-refractivity contribution in [2.45, 2.75) is 46.3 Å². The van der Waals surface area contributed by atoms with E-state index in [1.165, 1.54) is 0 Å². The Hall–Kier alpha value is -0.960. The molecule has 3 heteroatoms. The van der Waals surface area contributed by atoms with E-state index in [1.807, 2.05) is 20.8 Å². The van der Waals surface area contributed by atoms with E-state index < -0.39 is 0 Å². The summed E-state index contributed by atoms with van der Waals surface area (Å²) in [6.45, 7) is 8.09. The predicted octanol–water partition coefficient (Wildman–Crippen LogP) is 2.66. The van der Waals surface area contributed by atoms with Crippen LogP contribution in [0.15, 0.2) is 12.4 Å². The minimum absolute atomic E-state index is 0.0723. The number of aromatic nitrogens is 2. The van der Waals surface area contributed by atoms with Gasteiger partial charge >= 0.3 is 0 Å². The first kappa shape index (κ1) is 11.1.